The normalized spacial score (nSPS) is 10.5. The summed E-state index contributed by atoms with van der Waals surface area (Å²) in [6.45, 7) is 7.10. The molecule has 22 heavy (non-hydrogen) atoms. The highest BCUT2D eigenvalue weighted by molar-refractivity contribution is 5.94. The van der Waals surface area contributed by atoms with Crippen LogP contribution in [0, 0.1) is 13.8 Å². The average Bonchev–Trinajstić information content (AvgIpc) is 2.83. The molecule has 0 unspecified atom stereocenters. The molecule has 1 aromatic heterocycles. The summed E-state index contributed by atoms with van der Waals surface area (Å²) in [5, 5.41) is 2.90. The lowest BCUT2D eigenvalue weighted by Crippen LogP contribution is -2.22. The van der Waals surface area contributed by atoms with E-state index in [4.69, 9.17) is 9.15 Å². The van der Waals surface area contributed by atoms with Gasteiger partial charge in [0.15, 0.2) is 0 Å². The third-order valence-electron chi connectivity index (χ3n) is 3.47. The van der Waals surface area contributed by atoms with Gasteiger partial charge in [-0.2, -0.15) is 0 Å². The molecule has 1 aromatic carbocycles. The molecule has 1 heterocycles. The number of carbonyl (C=O) groups excluding carboxylic acids is 1. The summed E-state index contributed by atoms with van der Waals surface area (Å²) >= 11 is 0. The van der Waals surface area contributed by atoms with E-state index < -0.39 is 0 Å². The van der Waals surface area contributed by atoms with Gasteiger partial charge in [-0.25, -0.2) is 0 Å². The smallest absolute Gasteiger partial charge is 0.251 e. The number of aryl methyl sites for hydroxylation is 2. The molecule has 1 amide bonds. The van der Waals surface area contributed by atoms with Crippen LogP contribution >= 0.6 is 0 Å². The van der Waals surface area contributed by atoms with Crippen molar-refractivity contribution in [3.05, 3.63) is 53.0 Å². The molecule has 0 aliphatic carbocycles. The first-order valence-corrected chi connectivity index (χ1v) is 7.67. The van der Waals surface area contributed by atoms with Crippen LogP contribution in [-0.2, 0) is 6.54 Å². The first kappa shape index (κ1) is 16.1. The predicted octanol–water partition coefficient (Wildman–Crippen LogP) is 4.01. The largest absolute Gasteiger partial charge is 0.494 e. The summed E-state index contributed by atoms with van der Waals surface area (Å²) in [5.41, 5.74) is 1.63. The van der Waals surface area contributed by atoms with E-state index in [2.05, 4.69) is 12.2 Å². The second-order valence-electron chi connectivity index (χ2n) is 5.35. The highest BCUT2D eigenvalue weighted by Gasteiger charge is 2.09. The molecule has 0 aliphatic rings. The van der Waals surface area contributed by atoms with Crippen LogP contribution < -0.4 is 10.1 Å². The Balaban J connectivity index is 1.88. The maximum atomic E-state index is 12.1. The standard InChI is InChI=1S/C18H23NO3/c1-4-5-10-21-17-8-6-15(7-9-17)18(20)19-12-16-11-13(2)22-14(16)3/h6-9,11H,4-5,10,12H2,1-3H3,(H,19,20). The zero-order valence-electron chi connectivity index (χ0n) is 13.4. The average molecular weight is 301 g/mol. The third-order valence-corrected chi connectivity index (χ3v) is 3.47. The Bertz CT molecular complexity index is 614. The Morgan fingerprint density at radius 2 is 1.95 bits per heavy atom. The summed E-state index contributed by atoms with van der Waals surface area (Å²) in [5.74, 6) is 2.40. The SMILES string of the molecule is CCCCOc1ccc(C(=O)NCc2cc(C)oc2C)cc1. The molecule has 1 N–H and O–H groups in total. The molecule has 0 saturated carbocycles. The molecule has 4 nitrogen and oxygen atoms in total. The minimum atomic E-state index is -0.0987. The molecule has 0 atom stereocenters. The topological polar surface area (TPSA) is 51.5 Å². The lowest BCUT2D eigenvalue weighted by atomic mass is 10.2. The minimum Gasteiger partial charge on any atom is -0.494 e. The van der Waals surface area contributed by atoms with E-state index >= 15 is 0 Å². The van der Waals surface area contributed by atoms with Gasteiger partial charge in [0, 0.05) is 17.7 Å². The maximum absolute atomic E-state index is 12.1. The molecule has 0 radical (unpaired) electrons. The molecule has 0 bridgehead atoms. The van der Waals surface area contributed by atoms with Crippen molar-refractivity contribution in [2.24, 2.45) is 0 Å². The number of furan rings is 1. The Morgan fingerprint density at radius 1 is 1.23 bits per heavy atom. The minimum absolute atomic E-state index is 0.0987. The molecule has 118 valence electrons. The predicted molar refractivity (Wildman–Crippen MR) is 86.2 cm³/mol. The molecule has 0 saturated heterocycles. The molecule has 2 aromatic rings. The van der Waals surface area contributed by atoms with Crippen molar-refractivity contribution in [2.75, 3.05) is 6.61 Å². The third kappa shape index (κ3) is 4.38. The van der Waals surface area contributed by atoms with Gasteiger partial charge in [-0.3, -0.25) is 4.79 Å². The van der Waals surface area contributed by atoms with E-state index in [1.807, 2.05) is 32.0 Å². The fraction of sp³-hybridized carbons (Fsp3) is 0.389. The van der Waals surface area contributed by atoms with Crippen molar-refractivity contribution >= 4 is 5.91 Å². The summed E-state index contributed by atoms with van der Waals surface area (Å²) in [7, 11) is 0. The fourth-order valence-corrected chi connectivity index (χ4v) is 2.17. The van der Waals surface area contributed by atoms with Crippen molar-refractivity contribution in [1.82, 2.24) is 5.32 Å². The van der Waals surface area contributed by atoms with Crippen LogP contribution in [-0.4, -0.2) is 12.5 Å². The zero-order valence-corrected chi connectivity index (χ0v) is 13.4. The van der Waals surface area contributed by atoms with Gasteiger partial charge in [-0.1, -0.05) is 13.3 Å². The molecule has 0 fully saturated rings. The number of ether oxygens (including phenoxy) is 1. The van der Waals surface area contributed by atoms with Crippen LogP contribution in [0.25, 0.3) is 0 Å². The van der Waals surface area contributed by atoms with Crippen molar-refractivity contribution in [2.45, 2.75) is 40.2 Å². The van der Waals surface area contributed by atoms with Crippen LogP contribution in [0.2, 0.25) is 0 Å². The molecule has 0 spiro atoms. The van der Waals surface area contributed by atoms with Crippen LogP contribution in [0.4, 0.5) is 0 Å². The number of hydrogen-bond donors (Lipinski definition) is 1. The molecule has 0 aliphatic heterocycles. The van der Waals surface area contributed by atoms with E-state index in [0.717, 1.165) is 35.7 Å². The van der Waals surface area contributed by atoms with Crippen molar-refractivity contribution in [3.8, 4) is 5.75 Å². The first-order valence-electron chi connectivity index (χ1n) is 7.67. The Hall–Kier alpha value is -2.23. The van der Waals surface area contributed by atoms with Gasteiger partial charge in [0.05, 0.1) is 6.61 Å². The van der Waals surface area contributed by atoms with Crippen molar-refractivity contribution < 1.29 is 13.9 Å². The van der Waals surface area contributed by atoms with E-state index in [1.54, 1.807) is 12.1 Å². The summed E-state index contributed by atoms with van der Waals surface area (Å²) in [6, 6.07) is 9.17. The van der Waals surface area contributed by atoms with E-state index in [9.17, 15) is 4.79 Å². The summed E-state index contributed by atoms with van der Waals surface area (Å²) in [4.78, 5) is 12.1. The van der Waals surface area contributed by atoms with Crippen molar-refractivity contribution in [3.63, 3.8) is 0 Å². The Morgan fingerprint density at radius 3 is 2.55 bits per heavy atom. The number of amides is 1. The van der Waals surface area contributed by atoms with Gasteiger partial charge < -0.3 is 14.5 Å². The Labute approximate surface area is 131 Å². The van der Waals surface area contributed by atoms with E-state index in [1.165, 1.54) is 0 Å². The Kier molecular flexibility index (Phi) is 5.64. The number of benzene rings is 1. The number of nitrogens with one attached hydrogen (secondary N) is 1. The molecular weight excluding hydrogens is 278 g/mol. The summed E-state index contributed by atoms with van der Waals surface area (Å²) in [6.07, 6.45) is 2.14. The van der Waals surface area contributed by atoms with Crippen LogP contribution in [0.3, 0.4) is 0 Å². The highest BCUT2D eigenvalue weighted by atomic mass is 16.5. The van der Waals surface area contributed by atoms with Gasteiger partial charge in [0.2, 0.25) is 0 Å². The second-order valence-corrected chi connectivity index (χ2v) is 5.35. The van der Waals surface area contributed by atoms with Crippen LogP contribution in [0.15, 0.2) is 34.7 Å². The van der Waals surface area contributed by atoms with Gasteiger partial charge in [0.25, 0.3) is 5.91 Å². The van der Waals surface area contributed by atoms with Gasteiger partial charge in [0.1, 0.15) is 17.3 Å². The lowest BCUT2D eigenvalue weighted by Gasteiger charge is -2.07. The quantitative estimate of drug-likeness (QED) is 0.786. The highest BCUT2D eigenvalue weighted by Crippen LogP contribution is 2.15. The van der Waals surface area contributed by atoms with Gasteiger partial charge in [-0.15, -0.1) is 0 Å². The monoisotopic (exact) mass is 301 g/mol. The van der Waals surface area contributed by atoms with Crippen LogP contribution in [0.5, 0.6) is 5.75 Å². The molecular formula is C18H23NO3. The lowest BCUT2D eigenvalue weighted by molar-refractivity contribution is 0.0951. The molecule has 2 rings (SSSR count). The molecule has 4 heteroatoms. The van der Waals surface area contributed by atoms with Crippen LogP contribution in [0.1, 0.15) is 47.2 Å². The maximum Gasteiger partial charge on any atom is 0.251 e. The second kappa shape index (κ2) is 7.69. The number of hydrogen-bond acceptors (Lipinski definition) is 3. The first-order chi connectivity index (χ1) is 10.6. The van der Waals surface area contributed by atoms with E-state index in [0.29, 0.717) is 18.7 Å². The number of rotatable bonds is 7. The van der Waals surface area contributed by atoms with Gasteiger partial charge in [-0.05, 0) is 50.6 Å². The van der Waals surface area contributed by atoms with E-state index in [-0.39, 0.29) is 5.91 Å². The fourth-order valence-electron chi connectivity index (χ4n) is 2.17. The number of carbonyl (C=O) groups is 1. The van der Waals surface area contributed by atoms with Gasteiger partial charge >= 0.3 is 0 Å². The van der Waals surface area contributed by atoms with Crippen molar-refractivity contribution in [1.29, 1.82) is 0 Å². The summed E-state index contributed by atoms with van der Waals surface area (Å²) < 4.78 is 11.0. The number of unbranched alkanes of at least 4 members (excludes halogenated alkanes) is 1. The zero-order chi connectivity index (χ0) is 15.9.